The largest absolute Gasteiger partial charge is 0.397 e. The van der Waals surface area contributed by atoms with Gasteiger partial charge in [-0.05, 0) is 84.4 Å². The Bertz CT molecular complexity index is 1500. The number of nitrogens with zero attached hydrogens (tertiary/aromatic N) is 1. The maximum absolute atomic E-state index is 12.7. The minimum Gasteiger partial charge on any atom is -0.397 e. The standard InChI is InChI=1S/C36H44N4O/c1-36(2,3)27-20-17-25(18-21-27)26-19-22-30(37)33(24-26)40-34(41)16-6-4-5-11-23-38-35-28-12-7-9-14-31(28)39-32-15-10-8-13-29(32)35/h7,9,12,14,17-22,24H,4-6,8,10-11,13,15-16,23,37H2,1-3H3,(H,38,39)(H,40,41). The first-order valence-electron chi connectivity index (χ1n) is 15.2. The van der Waals surface area contributed by atoms with E-state index in [0.717, 1.165) is 61.7 Å². The molecule has 1 heterocycles. The van der Waals surface area contributed by atoms with Gasteiger partial charge in [0.15, 0.2) is 0 Å². The number of para-hydroxylation sites is 1. The molecule has 0 bridgehead atoms. The fourth-order valence-corrected chi connectivity index (χ4v) is 5.77. The third-order valence-electron chi connectivity index (χ3n) is 8.21. The second-order valence-electron chi connectivity index (χ2n) is 12.4. The number of carbonyl (C=O) groups excluding carboxylic acids is 1. The first-order chi connectivity index (χ1) is 19.8. The highest BCUT2D eigenvalue weighted by molar-refractivity contribution is 5.95. The van der Waals surface area contributed by atoms with Gasteiger partial charge in [0.2, 0.25) is 5.91 Å². The van der Waals surface area contributed by atoms with Gasteiger partial charge in [-0.15, -0.1) is 0 Å². The Hall–Kier alpha value is -3.86. The van der Waals surface area contributed by atoms with Gasteiger partial charge in [-0.3, -0.25) is 9.78 Å². The number of nitrogens with one attached hydrogen (secondary N) is 2. The average molecular weight is 549 g/mol. The first kappa shape index (κ1) is 28.7. The van der Waals surface area contributed by atoms with E-state index in [-0.39, 0.29) is 11.3 Å². The summed E-state index contributed by atoms with van der Waals surface area (Å²) in [7, 11) is 0. The number of fused-ring (bicyclic) bond motifs is 2. The van der Waals surface area contributed by atoms with Gasteiger partial charge >= 0.3 is 0 Å². The van der Waals surface area contributed by atoms with Gasteiger partial charge < -0.3 is 16.4 Å². The van der Waals surface area contributed by atoms with Crippen LogP contribution in [0.2, 0.25) is 0 Å². The van der Waals surface area contributed by atoms with E-state index in [2.05, 4.69) is 79.9 Å². The predicted octanol–water partition coefficient (Wildman–Crippen LogP) is 8.66. The molecule has 41 heavy (non-hydrogen) atoms. The van der Waals surface area contributed by atoms with Crippen molar-refractivity contribution >= 4 is 33.9 Å². The molecule has 1 amide bonds. The molecule has 0 radical (unpaired) electrons. The van der Waals surface area contributed by atoms with E-state index >= 15 is 0 Å². The lowest BCUT2D eigenvalue weighted by atomic mass is 9.86. The SMILES string of the molecule is CC(C)(C)c1ccc(-c2ccc(N)c(NC(=O)CCCCCCNc3c4c(nc5ccccc35)CCCC4)c2)cc1. The van der Waals surface area contributed by atoms with E-state index in [4.69, 9.17) is 10.7 Å². The molecular formula is C36H44N4O. The van der Waals surface area contributed by atoms with Gasteiger partial charge in [0, 0.05) is 29.7 Å². The minimum absolute atomic E-state index is 0.0185. The number of carbonyl (C=O) groups is 1. The van der Waals surface area contributed by atoms with Crippen LogP contribution in [-0.4, -0.2) is 17.4 Å². The number of unbranched alkanes of at least 4 members (excludes halogenated alkanes) is 3. The number of pyridine rings is 1. The molecule has 1 aromatic heterocycles. The number of anilines is 3. The fourth-order valence-electron chi connectivity index (χ4n) is 5.77. The molecule has 1 aliphatic rings. The Balaban J connectivity index is 1.08. The molecule has 4 aromatic rings. The molecule has 0 fully saturated rings. The van der Waals surface area contributed by atoms with Crippen LogP contribution in [0.5, 0.6) is 0 Å². The summed E-state index contributed by atoms with van der Waals surface area (Å²) in [5.74, 6) is 0.0185. The lowest BCUT2D eigenvalue weighted by molar-refractivity contribution is -0.116. The smallest absolute Gasteiger partial charge is 0.224 e. The van der Waals surface area contributed by atoms with Crippen molar-refractivity contribution in [3.05, 3.63) is 83.6 Å². The van der Waals surface area contributed by atoms with Crippen molar-refractivity contribution in [2.75, 3.05) is 22.9 Å². The summed E-state index contributed by atoms with van der Waals surface area (Å²) in [6, 6.07) is 23.0. The molecule has 0 saturated heterocycles. The number of hydrogen-bond acceptors (Lipinski definition) is 4. The molecule has 0 spiro atoms. The van der Waals surface area contributed by atoms with E-state index in [9.17, 15) is 4.79 Å². The van der Waals surface area contributed by atoms with E-state index in [1.807, 2.05) is 18.2 Å². The molecule has 0 atom stereocenters. The highest BCUT2D eigenvalue weighted by Gasteiger charge is 2.18. The summed E-state index contributed by atoms with van der Waals surface area (Å²) in [5, 5.41) is 8.03. The summed E-state index contributed by atoms with van der Waals surface area (Å²) >= 11 is 0. The number of aromatic nitrogens is 1. The molecule has 0 unspecified atom stereocenters. The lowest BCUT2D eigenvalue weighted by Gasteiger charge is -2.21. The van der Waals surface area contributed by atoms with Crippen molar-refractivity contribution in [1.82, 2.24) is 4.98 Å². The van der Waals surface area contributed by atoms with Crippen molar-refractivity contribution in [2.45, 2.75) is 84.0 Å². The molecule has 3 aromatic carbocycles. The van der Waals surface area contributed by atoms with Gasteiger partial charge in [-0.2, -0.15) is 0 Å². The number of rotatable bonds is 10. The maximum Gasteiger partial charge on any atom is 0.224 e. The summed E-state index contributed by atoms with van der Waals surface area (Å²) in [5.41, 5.74) is 16.1. The third-order valence-corrected chi connectivity index (χ3v) is 8.21. The van der Waals surface area contributed by atoms with E-state index < -0.39 is 0 Å². The van der Waals surface area contributed by atoms with Crippen molar-refractivity contribution in [3.8, 4) is 11.1 Å². The van der Waals surface area contributed by atoms with Crippen LogP contribution in [0.3, 0.4) is 0 Å². The van der Waals surface area contributed by atoms with Gasteiger partial charge in [-0.25, -0.2) is 0 Å². The Morgan fingerprint density at radius 2 is 1.61 bits per heavy atom. The normalized spacial score (nSPS) is 13.1. The zero-order valence-corrected chi connectivity index (χ0v) is 24.9. The Morgan fingerprint density at radius 1 is 0.878 bits per heavy atom. The van der Waals surface area contributed by atoms with E-state index in [0.29, 0.717) is 17.8 Å². The van der Waals surface area contributed by atoms with Crippen molar-refractivity contribution in [1.29, 1.82) is 0 Å². The van der Waals surface area contributed by atoms with Crippen LogP contribution in [0, 0.1) is 0 Å². The first-order valence-corrected chi connectivity index (χ1v) is 15.2. The highest BCUT2D eigenvalue weighted by atomic mass is 16.1. The van der Waals surface area contributed by atoms with Gasteiger partial charge in [0.25, 0.3) is 0 Å². The topological polar surface area (TPSA) is 80.0 Å². The second-order valence-corrected chi connectivity index (χ2v) is 12.4. The lowest BCUT2D eigenvalue weighted by Crippen LogP contribution is -2.13. The number of benzene rings is 3. The maximum atomic E-state index is 12.7. The number of aryl methyl sites for hydroxylation is 1. The monoisotopic (exact) mass is 548 g/mol. The Morgan fingerprint density at radius 3 is 2.41 bits per heavy atom. The van der Waals surface area contributed by atoms with Gasteiger partial charge in [0.1, 0.15) is 0 Å². The number of nitrogen functional groups attached to an aromatic ring is 1. The summed E-state index contributed by atoms with van der Waals surface area (Å²) in [6.07, 6.45) is 9.23. The second kappa shape index (κ2) is 12.8. The third kappa shape index (κ3) is 7.08. The summed E-state index contributed by atoms with van der Waals surface area (Å²) in [6.45, 7) is 7.58. The zero-order chi connectivity index (χ0) is 28.8. The molecule has 0 saturated carbocycles. The van der Waals surface area contributed by atoms with Crippen LogP contribution in [0.15, 0.2) is 66.7 Å². The van der Waals surface area contributed by atoms with Crippen LogP contribution < -0.4 is 16.4 Å². The Labute approximate surface area is 245 Å². The molecule has 0 aliphatic heterocycles. The minimum atomic E-state index is 0.0185. The van der Waals surface area contributed by atoms with Crippen LogP contribution in [0.1, 0.15) is 82.5 Å². The molecule has 5 rings (SSSR count). The number of nitrogens with two attached hydrogens (primary N) is 1. The highest BCUT2D eigenvalue weighted by Crippen LogP contribution is 2.33. The van der Waals surface area contributed by atoms with E-state index in [1.165, 1.54) is 40.7 Å². The zero-order valence-electron chi connectivity index (χ0n) is 24.9. The van der Waals surface area contributed by atoms with Crippen LogP contribution >= 0.6 is 0 Å². The van der Waals surface area contributed by atoms with Crippen LogP contribution in [0.4, 0.5) is 17.1 Å². The van der Waals surface area contributed by atoms with Gasteiger partial charge in [-0.1, -0.05) is 82.1 Å². The molecular weight excluding hydrogens is 504 g/mol. The van der Waals surface area contributed by atoms with Crippen LogP contribution in [-0.2, 0) is 23.1 Å². The summed E-state index contributed by atoms with van der Waals surface area (Å²) in [4.78, 5) is 17.7. The molecule has 5 nitrogen and oxygen atoms in total. The molecule has 5 heteroatoms. The number of hydrogen-bond donors (Lipinski definition) is 3. The van der Waals surface area contributed by atoms with Crippen LogP contribution in [0.25, 0.3) is 22.0 Å². The van der Waals surface area contributed by atoms with E-state index in [1.54, 1.807) is 0 Å². The fraction of sp³-hybridized carbons (Fsp3) is 0.389. The van der Waals surface area contributed by atoms with Crippen molar-refractivity contribution in [2.24, 2.45) is 0 Å². The van der Waals surface area contributed by atoms with Gasteiger partial charge in [0.05, 0.1) is 16.9 Å². The quantitative estimate of drug-likeness (QED) is 0.137. The summed E-state index contributed by atoms with van der Waals surface area (Å²) < 4.78 is 0. The van der Waals surface area contributed by atoms with Crippen molar-refractivity contribution in [3.63, 3.8) is 0 Å². The molecule has 214 valence electrons. The number of amides is 1. The molecule has 1 aliphatic carbocycles. The van der Waals surface area contributed by atoms with Crippen molar-refractivity contribution < 1.29 is 4.79 Å². The predicted molar refractivity (Wildman–Crippen MR) is 174 cm³/mol. The molecule has 4 N–H and O–H groups in total. The average Bonchev–Trinajstić information content (AvgIpc) is 2.97. The Kier molecular flexibility index (Phi) is 8.92.